The van der Waals surface area contributed by atoms with Crippen LogP contribution in [0.1, 0.15) is 24.2 Å². The highest BCUT2D eigenvalue weighted by molar-refractivity contribution is 9.10. The number of benzene rings is 1. The Morgan fingerprint density at radius 1 is 1.40 bits per heavy atom. The average Bonchev–Trinajstić information content (AvgIpc) is 2.19. The van der Waals surface area contributed by atoms with E-state index in [-0.39, 0.29) is 6.10 Å². The Labute approximate surface area is 97.5 Å². The first-order chi connectivity index (χ1) is 7.08. The van der Waals surface area contributed by atoms with Gasteiger partial charge in [0.05, 0.1) is 18.8 Å². The molecule has 0 N–H and O–H groups in total. The molecule has 0 aliphatic rings. The van der Waals surface area contributed by atoms with E-state index in [1.165, 1.54) is 0 Å². The molecule has 0 aliphatic heterocycles. The van der Waals surface area contributed by atoms with E-state index in [4.69, 9.17) is 9.47 Å². The molecule has 82 valence electrons. The van der Waals surface area contributed by atoms with Gasteiger partial charge >= 0.3 is 0 Å². The maximum Gasteiger partial charge on any atom is 0.172 e. The van der Waals surface area contributed by atoms with Gasteiger partial charge < -0.3 is 9.47 Å². The van der Waals surface area contributed by atoms with Gasteiger partial charge in [-0.05, 0) is 26.0 Å². The Kier molecular flexibility index (Phi) is 4.15. The predicted octanol–water partition coefficient (Wildman–Crippen LogP) is 3.06. The van der Waals surface area contributed by atoms with Crippen molar-refractivity contribution in [3.05, 3.63) is 22.2 Å². The number of aldehydes is 1. The van der Waals surface area contributed by atoms with Crippen LogP contribution in [0.2, 0.25) is 0 Å². The van der Waals surface area contributed by atoms with Gasteiger partial charge in [0.15, 0.2) is 17.8 Å². The van der Waals surface area contributed by atoms with Gasteiger partial charge in [0.2, 0.25) is 0 Å². The van der Waals surface area contributed by atoms with E-state index in [0.29, 0.717) is 17.1 Å². The number of carbonyl (C=O) groups is 1. The summed E-state index contributed by atoms with van der Waals surface area (Å²) in [6.45, 7) is 3.80. The summed E-state index contributed by atoms with van der Waals surface area (Å²) in [5.74, 6) is 1.05. The molecule has 0 heterocycles. The van der Waals surface area contributed by atoms with Crippen molar-refractivity contribution >= 4 is 22.2 Å². The number of ether oxygens (including phenoxy) is 2. The molecule has 0 atom stereocenters. The van der Waals surface area contributed by atoms with Gasteiger partial charge in [-0.1, -0.05) is 15.9 Å². The van der Waals surface area contributed by atoms with Crippen LogP contribution in [0, 0.1) is 0 Å². The Balaban J connectivity index is 3.23. The molecule has 1 aromatic rings. The Morgan fingerprint density at radius 2 is 2.07 bits per heavy atom. The van der Waals surface area contributed by atoms with Crippen molar-refractivity contribution in [2.24, 2.45) is 0 Å². The summed E-state index contributed by atoms with van der Waals surface area (Å²) in [5, 5.41) is 0. The maximum absolute atomic E-state index is 10.9. The molecule has 1 rings (SSSR count). The highest BCUT2D eigenvalue weighted by Crippen LogP contribution is 2.34. The van der Waals surface area contributed by atoms with Crippen LogP contribution in [0.25, 0.3) is 0 Å². The zero-order valence-electron chi connectivity index (χ0n) is 8.91. The summed E-state index contributed by atoms with van der Waals surface area (Å²) in [6.07, 6.45) is 0.754. The van der Waals surface area contributed by atoms with E-state index in [2.05, 4.69) is 15.9 Å². The molecule has 0 radical (unpaired) electrons. The third-order valence-corrected chi connectivity index (χ3v) is 2.21. The summed E-state index contributed by atoms with van der Waals surface area (Å²) in [7, 11) is 1.55. The van der Waals surface area contributed by atoms with E-state index in [0.717, 1.165) is 10.8 Å². The van der Waals surface area contributed by atoms with Gasteiger partial charge in [-0.15, -0.1) is 0 Å². The molecule has 0 bridgehead atoms. The van der Waals surface area contributed by atoms with Crippen LogP contribution >= 0.6 is 15.9 Å². The molecular weight excluding hydrogens is 260 g/mol. The smallest absolute Gasteiger partial charge is 0.172 e. The van der Waals surface area contributed by atoms with Crippen molar-refractivity contribution in [2.45, 2.75) is 20.0 Å². The SMILES string of the molecule is COc1cc(Br)cc(C=O)c1OC(C)C. The van der Waals surface area contributed by atoms with Crippen LogP contribution in [-0.2, 0) is 0 Å². The second-order valence-corrected chi connectivity index (χ2v) is 4.23. The van der Waals surface area contributed by atoms with E-state index < -0.39 is 0 Å². The number of hydrogen-bond acceptors (Lipinski definition) is 3. The van der Waals surface area contributed by atoms with Crippen molar-refractivity contribution < 1.29 is 14.3 Å². The number of methoxy groups -OCH3 is 1. The van der Waals surface area contributed by atoms with Crippen LogP contribution < -0.4 is 9.47 Å². The van der Waals surface area contributed by atoms with Gasteiger partial charge in [-0.25, -0.2) is 0 Å². The first-order valence-corrected chi connectivity index (χ1v) is 5.37. The molecule has 0 spiro atoms. The summed E-state index contributed by atoms with van der Waals surface area (Å²) < 4.78 is 11.5. The summed E-state index contributed by atoms with van der Waals surface area (Å²) in [4.78, 5) is 10.9. The first kappa shape index (κ1) is 12.0. The monoisotopic (exact) mass is 272 g/mol. The van der Waals surface area contributed by atoms with Crippen molar-refractivity contribution in [3.8, 4) is 11.5 Å². The maximum atomic E-state index is 10.9. The lowest BCUT2D eigenvalue weighted by molar-refractivity contribution is 0.111. The topological polar surface area (TPSA) is 35.5 Å². The number of halogens is 1. The lowest BCUT2D eigenvalue weighted by atomic mass is 10.2. The molecule has 0 amide bonds. The fraction of sp³-hybridized carbons (Fsp3) is 0.364. The van der Waals surface area contributed by atoms with Gasteiger partial charge in [-0.3, -0.25) is 4.79 Å². The van der Waals surface area contributed by atoms with Crippen LogP contribution in [0.3, 0.4) is 0 Å². The van der Waals surface area contributed by atoms with E-state index in [1.807, 2.05) is 13.8 Å². The minimum Gasteiger partial charge on any atom is -0.493 e. The zero-order valence-corrected chi connectivity index (χ0v) is 10.5. The van der Waals surface area contributed by atoms with Crippen LogP contribution in [0.4, 0.5) is 0 Å². The lowest BCUT2D eigenvalue weighted by Crippen LogP contribution is -2.08. The van der Waals surface area contributed by atoms with Gasteiger partial charge in [-0.2, -0.15) is 0 Å². The molecular formula is C11H13BrO3. The van der Waals surface area contributed by atoms with E-state index in [9.17, 15) is 4.79 Å². The largest absolute Gasteiger partial charge is 0.493 e. The quantitative estimate of drug-likeness (QED) is 0.791. The van der Waals surface area contributed by atoms with Crippen molar-refractivity contribution in [1.82, 2.24) is 0 Å². The summed E-state index contributed by atoms with van der Waals surface area (Å²) in [5.41, 5.74) is 0.481. The molecule has 1 aromatic carbocycles. The first-order valence-electron chi connectivity index (χ1n) is 4.57. The molecule has 3 nitrogen and oxygen atoms in total. The standard InChI is InChI=1S/C11H13BrO3/c1-7(2)15-11-8(6-13)4-9(12)5-10(11)14-3/h4-7H,1-3H3. The fourth-order valence-electron chi connectivity index (χ4n) is 1.19. The summed E-state index contributed by atoms with van der Waals surface area (Å²) >= 11 is 3.30. The summed E-state index contributed by atoms with van der Waals surface area (Å²) in [6, 6.07) is 3.47. The third-order valence-electron chi connectivity index (χ3n) is 1.75. The molecule has 0 fully saturated rings. The number of carbonyl (C=O) groups excluding carboxylic acids is 1. The Bertz CT molecular complexity index is 361. The molecule has 0 aromatic heterocycles. The van der Waals surface area contributed by atoms with Crippen molar-refractivity contribution in [3.63, 3.8) is 0 Å². The molecule has 4 heteroatoms. The molecule has 15 heavy (non-hydrogen) atoms. The van der Waals surface area contributed by atoms with Crippen molar-refractivity contribution in [1.29, 1.82) is 0 Å². The molecule has 0 aliphatic carbocycles. The highest BCUT2D eigenvalue weighted by Gasteiger charge is 2.13. The van der Waals surface area contributed by atoms with Gasteiger partial charge in [0.1, 0.15) is 0 Å². The molecule has 0 saturated heterocycles. The predicted molar refractivity (Wildman–Crippen MR) is 61.8 cm³/mol. The van der Waals surface area contributed by atoms with E-state index >= 15 is 0 Å². The van der Waals surface area contributed by atoms with Gasteiger partial charge in [0.25, 0.3) is 0 Å². The average molecular weight is 273 g/mol. The van der Waals surface area contributed by atoms with E-state index in [1.54, 1.807) is 19.2 Å². The second kappa shape index (κ2) is 5.16. The minimum atomic E-state index is -0.00113. The number of rotatable bonds is 4. The van der Waals surface area contributed by atoms with Gasteiger partial charge in [0, 0.05) is 4.47 Å². The second-order valence-electron chi connectivity index (χ2n) is 3.31. The molecule has 0 saturated carbocycles. The van der Waals surface area contributed by atoms with Crippen LogP contribution in [-0.4, -0.2) is 19.5 Å². The Morgan fingerprint density at radius 3 is 2.53 bits per heavy atom. The normalized spacial score (nSPS) is 10.2. The van der Waals surface area contributed by atoms with Crippen molar-refractivity contribution in [2.75, 3.05) is 7.11 Å². The zero-order chi connectivity index (χ0) is 11.4. The Hall–Kier alpha value is -1.03. The fourth-order valence-corrected chi connectivity index (χ4v) is 1.64. The lowest BCUT2D eigenvalue weighted by Gasteiger charge is -2.15. The van der Waals surface area contributed by atoms with Crippen LogP contribution in [0.5, 0.6) is 11.5 Å². The number of hydrogen-bond donors (Lipinski definition) is 0. The van der Waals surface area contributed by atoms with Crippen LogP contribution in [0.15, 0.2) is 16.6 Å². The third kappa shape index (κ3) is 2.96. The highest BCUT2D eigenvalue weighted by atomic mass is 79.9. The minimum absolute atomic E-state index is 0.00113. The molecule has 0 unspecified atom stereocenters.